The van der Waals surface area contributed by atoms with E-state index in [-0.39, 0.29) is 12.1 Å². The molecule has 0 amide bonds. The molecule has 0 aliphatic carbocycles. The molecule has 6 aromatic heterocycles. The van der Waals surface area contributed by atoms with E-state index in [9.17, 15) is 10.5 Å². The van der Waals surface area contributed by atoms with Gasteiger partial charge in [0, 0.05) is 43.8 Å². The molecule has 0 radical (unpaired) electrons. The summed E-state index contributed by atoms with van der Waals surface area (Å²) in [6.07, 6.45) is 6.33. The van der Waals surface area contributed by atoms with E-state index in [2.05, 4.69) is 21.9 Å². The van der Waals surface area contributed by atoms with Crippen molar-refractivity contribution in [1.82, 2.24) is 38.7 Å². The van der Waals surface area contributed by atoms with Crippen LogP contribution in [0.5, 0.6) is 0 Å². The summed E-state index contributed by atoms with van der Waals surface area (Å²) >= 11 is 0. The zero-order chi connectivity index (χ0) is 34.4. The number of nitrogens with two attached hydrogens (primary N) is 2. The van der Waals surface area contributed by atoms with Crippen LogP contribution in [-0.4, -0.2) is 77.0 Å². The number of aromatic nitrogens is 8. The monoisotopic (exact) mass is 670 g/mol. The molecule has 0 saturated carbocycles. The number of anilines is 2. The second-order valence-electron chi connectivity index (χ2n) is 13.4. The average Bonchev–Trinajstić information content (AvgIpc) is 3.88. The van der Waals surface area contributed by atoms with E-state index in [4.69, 9.17) is 41.4 Å². The highest BCUT2D eigenvalue weighted by Gasteiger charge is 2.26. The summed E-state index contributed by atoms with van der Waals surface area (Å²) in [5, 5.41) is 20.9. The van der Waals surface area contributed by atoms with E-state index < -0.39 is 0 Å². The Bertz CT molecular complexity index is 2840. The topological polar surface area (TPSA) is 192 Å². The van der Waals surface area contributed by atoms with Crippen LogP contribution < -0.4 is 21.3 Å². The molecule has 2 aromatic carbocycles. The maximum atomic E-state index is 10.8. The van der Waals surface area contributed by atoms with E-state index in [1.807, 2.05) is 51.3 Å². The van der Waals surface area contributed by atoms with Crippen LogP contribution in [-0.2, 0) is 0 Å². The number of para-hydroxylation sites is 2. The molecule has 0 bridgehead atoms. The first-order chi connectivity index (χ1) is 25.0. The summed E-state index contributed by atoms with van der Waals surface area (Å²) in [5.41, 5.74) is 20.9. The Labute approximate surface area is 290 Å². The van der Waals surface area contributed by atoms with Crippen molar-refractivity contribution in [1.29, 1.82) is 10.5 Å². The lowest BCUT2D eigenvalue weighted by atomic mass is 9.99. The number of piperidine rings is 1. The Hall–Kier alpha value is -6.48. The number of hydrogen-bond donors (Lipinski definition) is 2. The molecule has 2 fully saturated rings. The lowest BCUT2D eigenvalue weighted by Crippen LogP contribution is -2.43. The normalized spacial score (nSPS) is 18.1. The number of hydrogen-bond acceptors (Lipinski definition) is 12. The minimum Gasteiger partial charge on any atom is -0.354 e. The van der Waals surface area contributed by atoms with Crippen molar-refractivity contribution in [3.05, 3.63) is 72.1 Å². The number of benzene rings is 2. The van der Waals surface area contributed by atoms with Crippen molar-refractivity contribution in [2.75, 3.05) is 36.0 Å². The van der Waals surface area contributed by atoms with Gasteiger partial charge in [-0.2, -0.15) is 10.5 Å². The van der Waals surface area contributed by atoms with E-state index in [1.54, 1.807) is 18.5 Å². The van der Waals surface area contributed by atoms with Crippen molar-refractivity contribution < 1.29 is 0 Å². The Balaban J connectivity index is 1.26. The molecule has 2 aliphatic rings. The summed E-state index contributed by atoms with van der Waals surface area (Å²) in [6, 6.07) is 20.2. The summed E-state index contributed by atoms with van der Waals surface area (Å²) < 4.78 is 3.83. The van der Waals surface area contributed by atoms with Gasteiger partial charge in [0.15, 0.2) is 22.6 Å². The highest BCUT2D eigenvalue weighted by atomic mass is 15.2. The highest BCUT2D eigenvalue weighted by Crippen LogP contribution is 2.38. The molecule has 2 atom stereocenters. The first-order valence-electron chi connectivity index (χ1n) is 17.0. The second-order valence-corrected chi connectivity index (χ2v) is 13.4. The molecule has 14 nitrogen and oxygen atoms in total. The van der Waals surface area contributed by atoms with Crippen LogP contribution in [0.4, 0.5) is 11.6 Å². The van der Waals surface area contributed by atoms with Gasteiger partial charge in [0.05, 0.1) is 40.0 Å². The van der Waals surface area contributed by atoms with Crippen molar-refractivity contribution >= 4 is 67.3 Å². The van der Waals surface area contributed by atoms with E-state index in [0.717, 1.165) is 60.6 Å². The predicted octanol–water partition coefficient (Wildman–Crippen LogP) is 4.05. The van der Waals surface area contributed by atoms with Crippen LogP contribution in [0.25, 0.3) is 66.8 Å². The minimum absolute atomic E-state index is 0.0649. The summed E-state index contributed by atoms with van der Waals surface area (Å²) in [4.78, 5) is 34.1. The molecular formula is C37H30N14. The fourth-order valence-electron chi connectivity index (χ4n) is 7.80. The molecule has 2 aliphatic heterocycles. The molecule has 8 aromatic rings. The molecule has 4 N–H and O–H groups in total. The van der Waals surface area contributed by atoms with Gasteiger partial charge in [-0.1, -0.05) is 18.2 Å². The Kier molecular flexibility index (Phi) is 6.36. The van der Waals surface area contributed by atoms with Crippen LogP contribution in [0.1, 0.15) is 30.4 Å². The SMILES string of the molecule is N#Cc1cc2ncc(N3CCC[C@H](N)C3)nc2n2c1nc1ccc(-c3c(C#N)c4nc5ccccc5n4c4nc(N5CCC(N)C5)cnc34)cc12. The first kappa shape index (κ1) is 29.4. The second kappa shape index (κ2) is 11.0. The quantitative estimate of drug-likeness (QED) is 0.274. The van der Waals surface area contributed by atoms with Gasteiger partial charge >= 0.3 is 0 Å². The highest BCUT2D eigenvalue weighted by molar-refractivity contribution is 6.03. The Morgan fingerprint density at radius 2 is 1.39 bits per heavy atom. The number of rotatable bonds is 3. The van der Waals surface area contributed by atoms with Crippen molar-refractivity contribution in [3.63, 3.8) is 0 Å². The molecular weight excluding hydrogens is 641 g/mol. The molecule has 2 saturated heterocycles. The number of nitrogens with zero attached hydrogens (tertiary/aromatic N) is 12. The number of nitriles is 2. The number of imidazole rings is 2. The number of fused-ring (bicyclic) bond motifs is 10. The van der Waals surface area contributed by atoms with Gasteiger partial charge in [-0.15, -0.1) is 0 Å². The third-order valence-electron chi connectivity index (χ3n) is 10.2. The molecule has 0 spiro atoms. The lowest BCUT2D eigenvalue weighted by molar-refractivity contribution is 0.503. The lowest BCUT2D eigenvalue weighted by Gasteiger charge is -2.31. The largest absolute Gasteiger partial charge is 0.354 e. The standard InChI is InChI=1S/C37H30N14/c38-14-21-12-27-36(46-30(16-42-27)48-10-3-4-22(40)18-48)51-29-13-20(7-8-26(29)44-34(21)51)32-24(15-39)35-45-25-5-1-2-6-28(25)50(35)37-33(32)43-17-31(47-37)49-11-9-23(41)19-49/h1-2,5-8,12-13,16-17,22-23H,3-4,9-11,18-19,40-41H2/t22-,23?/m0/s1. The van der Waals surface area contributed by atoms with Gasteiger partial charge in [-0.3, -0.25) is 8.80 Å². The summed E-state index contributed by atoms with van der Waals surface area (Å²) in [7, 11) is 0. The predicted molar refractivity (Wildman–Crippen MR) is 194 cm³/mol. The van der Waals surface area contributed by atoms with Gasteiger partial charge in [-0.25, -0.2) is 29.9 Å². The minimum atomic E-state index is 0.0649. The fourth-order valence-corrected chi connectivity index (χ4v) is 7.80. The van der Waals surface area contributed by atoms with E-state index in [1.165, 1.54) is 0 Å². The average molecular weight is 671 g/mol. The van der Waals surface area contributed by atoms with Gasteiger partial charge in [-0.05, 0) is 55.2 Å². The van der Waals surface area contributed by atoms with E-state index in [0.29, 0.717) is 74.4 Å². The molecule has 14 heteroatoms. The van der Waals surface area contributed by atoms with Crippen LogP contribution >= 0.6 is 0 Å². The van der Waals surface area contributed by atoms with Crippen LogP contribution in [0.15, 0.2) is 60.9 Å². The van der Waals surface area contributed by atoms with Gasteiger partial charge in [0.25, 0.3) is 0 Å². The van der Waals surface area contributed by atoms with Gasteiger partial charge in [0.1, 0.15) is 40.4 Å². The van der Waals surface area contributed by atoms with Crippen molar-refractivity contribution in [2.24, 2.45) is 11.5 Å². The molecule has 10 rings (SSSR count). The molecule has 248 valence electrons. The first-order valence-corrected chi connectivity index (χ1v) is 17.0. The zero-order valence-corrected chi connectivity index (χ0v) is 27.4. The molecule has 8 heterocycles. The van der Waals surface area contributed by atoms with E-state index >= 15 is 0 Å². The summed E-state index contributed by atoms with van der Waals surface area (Å²) in [5.74, 6) is 1.45. The van der Waals surface area contributed by atoms with Crippen molar-refractivity contribution in [3.8, 4) is 23.3 Å². The third-order valence-corrected chi connectivity index (χ3v) is 10.2. The van der Waals surface area contributed by atoms with Crippen LogP contribution in [0.3, 0.4) is 0 Å². The molecule has 1 unspecified atom stereocenters. The third kappa shape index (κ3) is 4.40. The Morgan fingerprint density at radius 1 is 0.667 bits per heavy atom. The fraction of sp³-hybridized carbons (Fsp3) is 0.243. The van der Waals surface area contributed by atoms with Crippen LogP contribution in [0, 0.1) is 22.7 Å². The smallest absolute Gasteiger partial charge is 0.168 e. The van der Waals surface area contributed by atoms with Crippen molar-refractivity contribution in [2.45, 2.75) is 31.3 Å². The summed E-state index contributed by atoms with van der Waals surface area (Å²) in [6.45, 7) is 3.01. The zero-order valence-electron chi connectivity index (χ0n) is 27.4. The Morgan fingerprint density at radius 3 is 2.20 bits per heavy atom. The van der Waals surface area contributed by atoms with Gasteiger partial charge < -0.3 is 21.3 Å². The molecule has 51 heavy (non-hydrogen) atoms. The van der Waals surface area contributed by atoms with Gasteiger partial charge in [0.2, 0.25) is 0 Å². The maximum absolute atomic E-state index is 10.8. The van der Waals surface area contributed by atoms with Crippen LogP contribution in [0.2, 0.25) is 0 Å². The number of pyridine rings is 2. The maximum Gasteiger partial charge on any atom is 0.168 e.